The molecular weight excluding hydrogens is 270 g/mol. The maximum absolute atomic E-state index is 12.0. The van der Waals surface area contributed by atoms with Crippen molar-refractivity contribution in [1.29, 1.82) is 0 Å². The van der Waals surface area contributed by atoms with Gasteiger partial charge < -0.3 is 9.84 Å². The Kier molecular flexibility index (Phi) is 3.23. The Hall–Kier alpha value is -2.96. The van der Waals surface area contributed by atoms with Crippen molar-refractivity contribution in [3.63, 3.8) is 0 Å². The highest BCUT2D eigenvalue weighted by molar-refractivity contribution is 6.03. The fraction of sp³-hybridized carbons (Fsp3) is 0.143. The van der Waals surface area contributed by atoms with Crippen LogP contribution < -0.4 is 5.32 Å². The topological polar surface area (TPSA) is 85.8 Å². The molecule has 0 aliphatic carbocycles. The molecule has 0 radical (unpaired) electrons. The lowest BCUT2D eigenvalue weighted by Crippen LogP contribution is -2.12. The maximum Gasteiger partial charge on any atom is 0.277 e. The monoisotopic (exact) mass is 283 g/mol. The minimum absolute atomic E-state index is 0.244. The summed E-state index contributed by atoms with van der Waals surface area (Å²) in [5, 5.41) is 10.7. The number of rotatable bonds is 3. The summed E-state index contributed by atoms with van der Waals surface area (Å²) in [5.74, 6) is 0.871. The smallest absolute Gasteiger partial charge is 0.277 e. The lowest BCUT2D eigenvalue weighted by molar-refractivity contribution is 0.101. The zero-order chi connectivity index (χ0) is 14.8. The van der Waals surface area contributed by atoms with Crippen molar-refractivity contribution in [1.82, 2.24) is 19.9 Å². The van der Waals surface area contributed by atoms with Crippen molar-refractivity contribution >= 4 is 11.6 Å². The zero-order valence-electron chi connectivity index (χ0n) is 11.6. The summed E-state index contributed by atoms with van der Waals surface area (Å²) in [6.07, 6.45) is 1.62. The van der Waals surface area contributed by atoms with E-state index in [9.17, 15) is 4.79 Å². The molecule has 106 valence electrons. The number of carbonyl (C=O) groups is 1. The second kappa shape index (κ2) is 5.20. The van der Waals surface area contributed by atoms with Gasteiger partial charge in [0, 0.05) is 24.4 Å². The van der Waals surface area contributed by atoms with Crippen LogP contribution in [0.2, 0.25) is 0 Å². The third kappa shape index (κ3) is 2.81. The molecule has 21 heavy (non-hydrogen) atoms. The number of amides is 1. The van der Waals surface area contributed by atoms with Crippen molar-refractivity contribution in [3.8, 4) is 11.4 Å². The lowest BCUT2D eigenvalue weighted by Gasteiger charge is -2.04. The average Bonchev–Trinajstić information content (AvgIpc) is 3.08. The molecule has 1 N–H and O–H groups in total. The highest BCUT2D eigenvalue weighted by Crippen LogP contribution is 2.19. The third-order valence-electron chi connectivity index (χ3n) is 2.84. The van der Waals surface area contributed by atoms with Crippen molar-refractivity contribution in [2.45, 2.75) is 6.92 Å². The Bertz CT molecular complexity index is 790. The molecule has 0 unspecified atom stereocenters. The van der Waals surface area contributed by atoms with Gasteiger partial charge in [-0.25, -0.2) is 4.98 Å². The lowest BCUT2D eigenvalue weighted by atomic mass is 10.2. The molecule has 0 saturated carbocycles. The van der Waals surface area contributed by atoms with Crippen molar-refractivity contribution in [2.75, 3.05) is 5.32 Å². The van der Waals surface area contributed by atoms with Crippen LogP contribution in [0, 0.1) is 6.92 Å². The highest BCUT2D eigenvalue weighted by Gasteiger charge is 2.12. The molecule has 0 saturated heterocycles. The number of nitrogens with one attached hydrogen (secondary N) is 1. The molecule has 0 spiro atoms. The van der Waals surface area contributed by atoms with Gasteiger partial charge in [-0.3, -0.25) is 9.48 Å². The molecule has 0 atom stereocenters. The van der Waals surface area contributed by atoms with Crippen LogP contribution in [0.4, 0.5) is 5.69 Å². The predicted molar refractivity (Wildman–Crippen MR) is 75.6 cm³/mol. The van der Waals surface area contributed by atoms with E-state index in [1.807, 2.05) is 12.1 Å². The first-order chi connectivity index (χ1) is 10.1. The zero-order valence-corrected chi connectivity index (χ0v) is 11.6. The van der Waals surface area contributed by atoms with Crippen LogP contribution in [0.1, 0.15) is 16.2 Å². The average molecular weight is 283 g/mol. The number of nitrogens with zero attached hydrogens (tertiary/aromatic N) is 4. The van der Waals surface area contributed by atoms with Gasteiger partial charge in [-0.05, 0) is 19.1 Å². The van der Waals surface area contributed by atoms with E-state index in [0.717, 1.165) is 5.56 Å². The number of carbonyl (C=O) groups excluding carboxylic acids is 1. The van der Waals surface area contributed by atoms with E-state index in [0.29, 0.717) is 17.3 Å². The summed E-state index contributed by atoms with van der Waals surface area (Å²) in [6, 6.07) is 8.89. The Morgan fingerprint density at radius 2 is 2.19 bits per heavy atom. The van der Waals surface area contributed by atoms with Gasteiger partial charge in [-0.1, -0.05) is 17.3 Å². The summed E-state index contributed by atoms with van der Waals surface area (Å²) in [7, 11) is 1.80. The standard InChI is InChI=1S/C14H13N5O2/c1-9-6-12(18-21-9)14(20)16-11-5-3-4-10(7-11)13-15-8-19(2)17-13/h3-8H,1-2H3,(H,16,20). The molecule has 2 heterocycles. The van der Waals surface area contributed by atoms with Gasteiger partial charge in [0.1, 0.15) is 12.1 Å². The Morgan fingerprint density at radius 1 is 1.33 bits per heavy atom. The molecule has 0 bridgehead atoms. The number of anilines is 1. The van der Waals surface area contributed by atoms with E-state index in [2.05, 4.69) is 20.6 Å². The normalized spacial score (nSPS) is 10.6. The second-order valence-electron chi connectivity index (χ2n) is 4.60. The second-order valence-corrected chi connectivity index (χ2v) is 4.60. The predicted octanol–water partition coefficient (Wildman–Crippen LogP) is 2.03. The van der Waals surface area contributed by atoms with Crippen molar-refractivity contribution in [3.05, 3.63) is 48.1 Å². The van der Waals surface area contributed by atoms with Gasteiger partial charge in [-0.15, -0.1) is 0 Å². The molecule has 0 aliphatic rings. The molecule has 3 aromatic rings. The first-order valence-electron chi connectivity index (χ1n) is 6.32. The van der Waals surface area contributed by atoms with Crippen LogP contribution in [0.5, 0.6) is 0 Å². The van der Waals surface area contributed by atoms with Gasteiger partial charge in [0.15, 0.2) is 11.5 Å². The summed E-state index contributed by atoms with van der Waals surface area (Å²) in [6.45, 7) is 1.73. The van der Waals surface area contributed by atoms with Crippen LogP contribution in [-0.4, -0.2) is 25.8 Å². The number of hydrogen-bond acceptors (Lipinski definition) is 5. The first-order valence-corrected chi connectivity index (χ1v) is 6.32. The van der Waals surface area contributed by atoms with Crippen LogP contribution in [0.15, 0.2) is 41.2 Å². The molecule has 1 aromatic carbocycles. The minimum Gasteiger partial charge on any atom is -0.361 e. The van der Waals surface area contributed by atoms with E-state index in [4.69, 9.17) is 4.52 Å². The van der Waals surface area contributed by atoms with Crippen LogP contribution in [0.25, 0.3) is 11.4 Å². The van der Waals surface area contributed by atoms with Gasteiger partial charge >= 0.3 is 0 Å². The molecule has 7 heteroatoms. The van der Waals surface area contributed by atoms with Crippen LogP contribution >= 0.6 is 0 Å². The van der Waals surface area contributed by atoms with E-state index in [-0.39, 0.29) is 11.6 Å². The molecule has 3 rings (SSSR count). The summed E-state index contributed by atoms with van der Waals surface area (Å²) in [5.41, 5.74) is 1.71. The summed E-state index contributed by atoms with van der Waals surface area (Å²) in [4.78, 5) is 16.2. The van der Waals surface area contributed by atoms with Crippen LogP contribution in [0.3, 0.4) is 0 Å². The van der Waals surface area contributed by atoms with E-state index >= 15 is 0 Å². The van der Waals surface area contributed by atoms with Gasteiger partial charge in [-0.2, -0.15) is 5.10 Å². The molecule has 7 nitrogen and oxygen atoms in total. The maximum atomic E-state index is 12.0. The molecule has 0 aliphatic heterocycles. The summed E-state index contributed by atoms with van der Waals surface area (Å²) >= 11 is 0. The Labute approximate surface area is 120 Å². The minimum atomic E-state index is -0.321. The Balaban J connectivity index is 1.82. The van der Waals surface area contributed by atoms with E-state index < -0.39 is 0 Å². The highest BCUT2D eigenvalue weighted by atomic mass is 16.5. The first kappa shape index (κ1) is 13.0. The molecule has 1 amide bonds. The number of hydrogen-bond donors (Lipinski definition) is 1. The van der Waals surface area contributed by atoms with E-state index in [1.54, 1.807) is 43.2 Å². The summed E-state index contributed by atoms with van der Waals surface area (Å²) < 4.78 is 6.51. The molecule has 2 aromatic heterocycles. The van der Waals surface area contributed by atoms with Crippen molar-refractivity contribution in [2.24, 2.45) is 7.05 Å². The fourth-order valence-electron chi connectivity index (χ4n) is 1.88. The van der Waals surface area contributed by atoms with E-state index in [1.165, 1.54) is 0 Å². The quantitative estimate of drug-likeness (QED) is 0.794. The number of aryl methyl sites for hydroxylation is 2. The van der Waals surface area contributed by atoms with Crippen molar-refractivity contribution < 1.29 is 9.32 Å². The number of aromatic nitrogens is 4. The fourth-order valence-corrected chi connectivity index (χ4v) is 1.88. The van der Waals surface area contributed by atoms with Gasteiger partial charge in [0.05, 0.1) is 0 Å². The largest absolute Gasteiger partial charge is 0.361 e. The third-order valence-corrected chi connectivity index (χ3v) is 2.84. The number of benzene rings is 1. The SMILES string of the molecule is Cc1cc(C(=O)Nc2cccc(-c3ncn(C)n3)c2)no1. The van der Waals surface area contributed by atoms with Gasteiger partial charge in [0.2, 0.25) is 0 Å². The van der Waals surface area contributed by atoms with Gasteiger partial charge in [0.25, 0.3) is 5.91 Å². The molecular formula is C14H13N5O2. The molecule has 0 fully saturated rings. The Morgan fingerprint density at radius 3 is 2.86 bits per heavy atom. The van der Waals surface area contributed by atoms with Crippen LogP contribution in [-0.2, 0) is 7.05 Å².